The van der Waals surface area contributed by atoms with Crippen LogP contribution < -0.4 is 4.74 Å². The number of hydrogen-bond donors (Lipinski definition) is 0. The Hall–Kier alpha value is -1.02. The molecule has 3 atom stereocenters. The van der Waals surface area contributed by atoms with Gasteiger partial charge in [-0.2, -0.15) is 0 Å². The molecule has 0 saturated carbocycles. The first-order valence-corrected chi connectivity index (χ1v) is 11.9. The third-order valence-electron chi connectivity index (χ3n) is 6.02. The van der Waals surface area contributed by atoms with Crippen LogP contribution in [0.3, 0.4) is 0 Å². The lowest BCUT2D eigenvalue weighted by atomic mass is 9.84. The van der Waals surface area contributed by atoms with Crippen molar-refractivity contribution in [1.29, 1.82) is 0 Å². The topological polar surface area (TPSA) is 9.23 Å². The molecule has 2 heteroatoms. The fourth-order valence-electron chi connectivity index (χ4n) is 3.69. The monoisotopic (exact) mass is 388 g/mol. The number of thiophene rings is 1. The van der Waals surface area contributed by atoms with Gasteiger partial charge in [-0.15, -0.1) is 11.3 Å². The van der Waals surface area contributed by atoms with Crippen LogP contribution in [-0.2, 0) is 6.42 Å². The molecule has 0 spiro atoms. The zero-order valence-corrected chi connectivity index (χ0v) is 19.2. The molecule has 0 aliphatic heterocycles. The van der Waals surface area contributed by atoms with Crippen LogP contribution in [-0.4, -0.2) is 6.61 Å². The summed E-state index contributed by atoms with van der Waals surface area (Å²) in [4.78, 5) is 1.52. The van der Waals surface area contributed by atoms with Crippen LogP contribution in [0.5, 0.6) is 5.75 Å². The van der Waals surface area contributed by atoms with Gasteiger partial charge in [-0.25, -0.2) is 0 Å². The normalized spacial score (nSPS) is 15.2. The number of ether oxygens (including phenoxy) is 1. The summed E-state index contributed by atoms with van der Waals surface area (Å²) in [5.41, 5.74) is 0. The molecule has 27 heavy (non-hydrogen) atoms. The van der Waals surface area contributed by atoms with Gasteiger partial charge in [0.1, 0.15) is 5.75 Å². The van der Waals surface area contributed by atoms with Crippen molar-refractivity contribution in [1.82, 2.24) is 0 Å². The van der Waals surface area contributed by atoms with Crippen LogP contribution in [0, 0.1) is 23.7 Å². The lowest BCUT2D eigenvalue weighted by Crippen LogP contribution is -2.11. The minimum absolute atomic E-state index is 0.732. The quantitative estimate of drug-likeness (QED) is 0.355. The fraction of sp³-hybridized carbons (Fsp3) is 0.680. The minimum atomic E-state index is 0.732. The standard InChI is InChI=1S/C25H40OS/c1-7-26-23-14-13-22-16-24(27-25(22)17-23)15-10-19(4)9-12-21(6)20(5)11-8-18(2)3/h13-14,16-21H,7-12,15H2,1-6H3. The Labute approximate surface area is 171 Å². The van der Waals surface area contributed by atoms with E-state index in [1.54, 1.807) is 0 Å². The predicted octanol–water partition coefficient (Wildman–Crippen LogP) is 8.36. The lowest BCUT2D eigenvalue weighted by molar-refractivity contribution is 0.296. The van der Waals surface area contributed by atoms with E-state index in [0.29, 0.717) is 0 Å². The molecule has 3 unspecified atom stereocenters. The van der Waals surface area contributed by atoms with E-state index < -0.39 is 0 Å². The Morgan fingerprint density at radius 2 is 1.56 bits per heavy atom. The van der Waals surface area contributed by atoms with Crippen LogP contribution in [0.4, 0.5) is 0 Å². The molecule has 0 bridgehead atoms. The summed E-state index contributed by atoms with van der Waals surface area (Å²) < 4.78 is 6.99. The number of benzene rings is 1. The molecule has 2 aromatic rings. The second kappa shape index (κ2) is 11.1. The summed E-state index contributed by atoms with van der Waals surface area (Å²) in [5.74, 6) is 4.36. The molecule has 2 rings (SSSR count). The first-order chi connectivity index (χ1) is 12.9. The summed E-state index contributed by atoms with van der Waals surface area (Å²) in [6, 6.07) is 8.85. The van der Waals surface area contributed by atoms with Crippen molar-refractivity contribution in [3.05, 3.63) is 29.1 Å². The van der Waals surface area contributed by atoms with E-state index in [1.807, 2.05) is 18.3 Å². The SMILES string of the molecule is CCOc1ccc2cc(CCC(C)CCC(C)C(C)CCC(C)C)sc2c1. The smallest absolute Gasteiger partial charge is 0.120 e. The Kier molecular flexibility index (Phi) is 9.15. The zero-order valence-electron chi connectivity index (χ0n) is 18.4. The van der Waals surface area contributed by atoms with Crippen molar-refractivity contribution in [2.75, 3.05) is 6.61 Å². The maximum atomic E-state index is 5.63. The molecule has 1 aromatic carbocycles. The highest BCUT2D eigenvalue weighted by molar-refractivity contribution is 7.19. The van der Waals surface area contributed by atoms with Gasteiger partial charge in [-0.1, -0.05) is 60.3 Å². The number of fused-ring (bicyclic) bond motifs is 1. The average Bonchev–Trinajstić information content (AvgIpc) is 3.04. The van der Waals surface area contributed by atoms with E-state index in [9.17, 15) is 0 Å². The van der Waals surface area contributed by atoms with Crippen LogP contribution in [0.15, 0.2) is 24.3 Å². The second-order valence-electron chi connectivity index (χ2n) is 8.99. The maximum absolute atomic E-state index is 5.63. The molecule has 0 amide bonds. The highest BCUT2D eigenvalue weighted by Gasteiger charge is 2.14. The lowest BCUT2D eigenvalue weighted by Gasteiger charge is -2.22. The molecule has 1 heterocycles. The van der Waals surface area contributed by atoms with E-state index in [1.165, 1.54) is 53.5 Å². The van der Waals surface area contributed by atoms with E-state index in [2.05, 4.69) is 58.9 Å². The van der Waals surface area contributed by atoms with Crippen LogP contribution in [0.1, 0.15) is 78.5 Å². The molecule has 0 radical (unpaired) electrons. The molecule has 152 valence electrons. The van der Waals surface area contributed by atoms with Crippen molar-refractivity contribution in [3.63, 3.8) is 0 Å². The van der Waals surface area contributed by atoms with E-state index in [0.717, 1.165) is 36.0 Å². The maximum Gasteiger partial charge on any atom is 0.120 e. The van der Waals surface area contributed by atoms with Gasteiger partial charge in [0, 0.05) is 9.58 Å². The average molecular weight is 389 g/mol. The fourth-order valence-corrected chi connectivity index (χ4v) is 4.80. The molecule has 1 aromatic heterocycles. The zero-order chi connectivity index (χ0) is 19.8. The Balaban J connectivity index is 1.76. The number of rotatable bonds is 12. The third-order valence-corrected chi connectivity index (χ3v) is 7.18. The predicted molar refractivity (Wildman–Crippen MR) is 122 cm³/mol. The molecule has 0 fully saturated rings. The minimum Gasteiger partial charge on any atom is -0.494 e. The van der Waals surface area contributed by atoms with Crippen molar-refractivity contribution in [3.8, 4) is 5.75 Å². The van der Waals surface area contributed by atoms with Gasteiger partial charge in [0.2, 0.25) is 0 Å². The first kappa shape index (κ1) is 22.3. The highest BCUT2D eigenvalue weighted by atomic mass is 32.1. The summed E-state index contributed by atoms with van der Waals surface area (Å²) in [6.45, 7) is 14.8. The van der Waals surface area contributed by atoms with Crippen molar-refractivity contribution in [2.24, 2.45) is 23.7 Å². The van der Waals surface area contributed by atoms with Crippen LogP contribution in [0.25, 0.3) is 10.1 Å². The van der Waals surface area contributed by atoms with Gasteiger partial charge in [-0.05, 0) is 73.1 Å². The summed E-state index contributed by atoms with van der Waals surface area (Å²) in [5, 5.41) is 1.36. The van der Waals surface area contributed by atoms with E-state index in [-0.39, 0.29) is 0 Å². The van der Waals surface area contributed by atoms with Gasteiger partial charge >= 0.3 is 0 Å². The molecular weight excluding hydrogens is 348 g/mol. The Morgan fingerprint density at radius 3 is 2.22 bits per heavy atom. The van der Waals surface area contributed by atoms with E-state index in [4.69, 9.17) is 4.74 Å². The molecule has 0 aliphatic carbocycles. The Bertz CT molecular complexity index is 672. The Morgan fingerprint density at radius 1 is 0.852 bits per heavy atom. The molecule has 1 nitrogen and oxygen atoms in total. The first-order valence-electron chi connectivity index (χ1n) is 11.0. The van der Waals surface area contributed by atoms with E-state index >= 15 is 0 Å². The van der Waals surface area contributed by atoms with Crippen molar-refractivity contribution in [2.45, 2.75) is 80.1 Å². The van der Waals surface area contributed by atoms with Gasteiger partial charge in [0.25, 0.3) is 0 Å². The largest absolute Gasteiger partial charge is 0.494 e. The molecular formula is C25H40OS. The highest BCUT2D eigenvalue weighted by Crippen LogP contribution is 2.31. The van der Waals surface area contributed by atoms with Gasteiger partial charge in [-0.3, -0.25) is 0 Å². The molecule has 0 N–H and O–H groups in total. The summed E-state index contributed by atoms with van der Waals surface area (Å²) in [7, 11) is 0. The molecule has 0 saturated heterocycles. The van der Waals surface area contributed by atoms with Gasteiger partial charge in [0.15, 0.2) is 0 Å². The molecule has 0 aliphatic rings. The number of hydrogen-bond acceptors (Lipinski definition) is 2. The third kappa shape index (κ3) is 7.49. The summed E-state index contributed by atoms with van der Waals surface area (Å²) >= 11 is 1.94. The van der Waals surface area contributed by atoms with Crippen LogP contribution in [0.2, 0.25) is 0 Å². The summed E-state index contributed by atoms with van der Waals surface area (Å²) in [6.07, 6.45) is 8.02. The second-order valence-corrected chi connectivity index (χ2v) is 10.2. The van der Waals surface area contributed by atoms with Crippen molar-refractivity contribution < 1.29 is 4.74 Å². The van der Waals surface area contributed by atoms with Gasteiger partial charge < -0.3 is 4.74 Å². The number of aryl methyl sites for hydroxylation is 1. The van der Waals surface area contributed by atoms with Gasteiger partial charge in [0.05, 0.1) is 6.61 Å². The van der Waals surface area contributed by atoms with Crippen molar-refractivity contribution >= 4 is 21.4 Å². The van der Waals surface area contributed by atoms with Crippen LogP contribution >= 0.6 is 11.3 Å².